The van der Waals surface area contributed by atoms with E-state index in [9.17, 15) is 9.59 Å². The topological polar surface area (TPSA) is 34.1 Å². The lowest BCUT2D eigenvalue weighted by atomic mass is 9.96. The highest BCUT2D eigenvalue weighted by atomic mass is 35.5. The molecule has 74 valence electrons. The van der Waals surface area contributed by atoms with E-state index in [0.29, 0.717) is 0 Å². The maximum atomic E-state index is 11.0. The largest absolute Gasteiger partial charge is 0.289 e. The summed E-state index contributed by atoms with van der Waals surface area (Å²) in [5.41, 5.74) is 1.04. The van der Waals surface area contributed by atoms with Crippen molar-refractivity contribution in [3.05, 3.63) is 35.9 Å². The van der Waals surface area contributed by atoms with Crippen molar-refractivity contribution in [2.75, 3.05) is 0 Å². The summed E-state index contributed by atoms with van der Waals surface area (Å²) in [5.74, 6) is -0.491. The molecule has 0 bridgehead atoms. The lowest BCUT2D eigenvalue weighted by molar-refractivity contribution is -0.132. The summed E-state index contributed by atoms with van der Waals surface area (Å²) in [6.45, 7) is 1.90. The molecule has 0 aliphatic rings. The SMILES string of the molecule is CC(CC(=O)C(=O)Cl)c1ccccc1. The highest BCUT2D eigenvalue weighted by Crippen LogP contribution is 2.18. The van der Waals surface area contributed by atoms with Gasteiger partial charge in [0.2, 0.25) is 5.78 Å². The molecule has 14 heavy (non-hydrogen) atoms. The molecule has 0 aromatic heterocycles. The number of carbonyl (C=O) groups is 2. The van der Waals surface area contributed by atoms with E-state index in [2.05, 4.69) is 0 Å². The zero-order valence-corrected chi connectivity index (χ0v) is 8.62. The van der Waals surface area contributed by atoms with Gasteiger partial charge in [0, 0.05) is 6.42 Å². The van der Waals surface area contributed by atoms with Crippen LogP contribution in [0, 0.1) is 0 Å². The highest BCUT2D eigenvalue weighted by Gasteiger charge is 2.15. The first kappa shape index (κ1) is 10.9. The molecule has 0 N–H and O–H groups in total. The van der Waals surface area contributed by atoms with E-state index in [-0.39, 0.29) is 12.3 Å². The lowest BCUT2D eigenvalue weighted by Crippen LogP contribution is -2.10. The molecule has 0 saturated heterocycles. The van der Waals surface area contributed by atoms with Crippen molar-refractivity contribution in [2.45, 2.75) is 19.3 Å². The van der Waals surface area contributed by atoms with Crippen LogP contribution in [0.1, 0.15) is 24.8 Å². The van der Waals surface area contributed by atoms with Crippen LogP contribution in [0.2, 0.25) is 0 Å². The Kier molecular flexibility index (Phi) is 3.84. The summed E-state index contributed by atoms with van der Waals surface area (Å²) in [7, 11) is 0. The molecular weight excluding hydrogens is 200 g/mol. The third-order valence-corrected chi connectivity index (χ3v) is 2.29. The molecule has 0 aliphatic heterocycles. The van der Waals surface area contributed by atoms with E-state index < -0.39 is 11.0 Å². The van der Waals surface area contributed by atoms with E-state index >= 15 is 0 Å². The first-order valence-corrected chi connectivity index (χ1v) is 4.76. The highest BCUT2D eigenvalue weighted by molar-refractivity contribution is 6.81. The molecule has 2 nitrogen and oxygen atoms in total. The first-order valence-electron chi connectivity index (χ1n) is 4.39. The number of ketones is 1. The number of hydrogen-bond donors (Lipinski definition) is 0. The molecule has 1 aromatic carbocycles. The second-order valence-corrected chi connectivity index (χ2v) is 3.56. The van der Waals surface area contributed by atoms with Gasteiger partial charge in [-0.05, 0) is 23.1 Å². The van der Waals surface area contributed by atoms with Crippen LogP contribution >= 0.6 is 11.6 Å². The molecule has 0 heterocycles. The van der Waals surface area contributed by atoms with Gasteiger partial charge in [0.1, 0.15) is 0 Å². The minimum atomic E-state index is -0.882. The molecule has 0 amide bonds. The Hall–Kier alpha value is -1.15. The van der Waals surface area contributed by atoms with Crippen LogP contribution in [0.3, 0.4) is 0 Å². The number of rotatable bonds is 4. The van der Waals surface area contributed by atoms with Crippen molar-refractivity contribution in [3.8, 4) is 0 Å². The molecule has 1 atom stereocenters. The van der Waals surface area contributed by atoms with Gasteiger partial charge in [-0.25, -0.2) is 0 Å². The maximum absolute atomic E-state index is 11.0. The van der Waals surface area contributed by atoms with E-state index in [1.165, 1.54) is 0 Å². The summed E-state index contributed by atoms with van der Waals surface area (Å²) in [5, 5.41) is -0.882. The minimum Gasteiger partial charge on any atom is -0.289 e. The van der Waals surface area contributed by atoms with E-state index in [0.717, 1.165) is 5.56 Å². The summed E-state index contributed by atoms with van der Waals surface area (Å²) in [4.78, 5) is 21.6. The van der Waals surface area contributed by atoms with Crippen molar-refractivity contribution in [3.63, 3.8) is 0 Å². The zero-order chi connectivity index (χ0) is 10.6. The number of hydrogen-bond acceptors (Lipinski definition) is 2. The summed E-state index contributed by atoms with van der Waals surface area (Å²) >= 11 is 5.07. The predicted molar refractivity (Wildman–Crippen MR) is 55.3 cm³/mol. The van der Waals surface area contributed by atoms with Gasteiger partial charge in [-0.1, -0.05) is 37.3 Å². The maximum Gasteiger partial charge on any atom is 0.288 e. The summed E-state index contributed by atoms with van der Waals surface area (Å²) < 4.78 is 0. The van der Waals surface area contributed by atoms with Gasteiger partial charge in [-0.2, -0.15) is 0 Å². The average molecular weight is 211 g/mol. The molecule has 1 aromatic rings. The van der Waals surface area contributed by atoms with Gasteiger partial charge in [-0.3, -0.25) is 9.59 Å². The van der Waals surface area contributed by atoms with Crippen LogP contribution in [0.5, 0.6) is 0 Å². The second-order valence-electron chi connectivity index (χ2n) is 3.21. The Balaban J connectivity index is 2.64. The number of benzene rings is 1. The molecule has 1 unspecified atom stereocenters. The average Bonchev–Trinajstić information content (AvgIpc) is 2.19. The normalized spacial score (nSPS) is 12.1. The minimum absolute atomic E-state index is 0.0337. The molecule has 0 spiro atoms. The Morgan fingerprint density at radius 3 is 2.36 bits per heavy atom. The summed E-state index contributed by atoms with van der Waals surface area (Å²) in [6, 6.07) is 9.57. The van der Waals surface area contributed by atoms with Crippen LogP contribution < -0.4 is 0 Å². The quantitative estimate of drug-likeness (QED) is 0.565. The van der Waals surface area contributed by atoms with Gasteiger partial charge in [0.25, 0.3) is 5.24 Å². The smallest absolute Gasteiger partial charge is 0.288 e. The van der Waals surface area contributed by atoms with Crippen molar-refractivity contribution in [2.24, 2.45) is 0 Å². The Labute approximate surface area is 87.9 Å². The monoisotopic (exact) mass is 210 g/mol. The van der Waals surface area contributed by atoms with Crippen LogP contribution in [-0.4, -0.2) is 11.0 Å². The molecule has 1 rings (SSSR count). The lowest BCUT2D eigenvalue weighted by Gasteiger charge is -2.08. The Morgan fingerprint density at radius 1 is 1.29 bits per heavy atom. The van der Waals surface area contributed by atoms with Gasteiger partial charge in [0.05, 0.1) is 0 Å². The van der Waals surface area contributed by atoms with E-state index in [1.54, 1.807) is 0 Å². The first-order chi connectivity index (χ1) is 6.61. The van der Waals surface area contributed by atoms with Crippen molar-refractivity contribution in [1.82, 2.24) is 0 Å². The van der Waals surface area contributed by atoms with Crippen molar-refractivity contribution >= 4 is 22.6 Å². The van der Waals surface area contributed by atoms with Crippen LogP contribution in [-0.2, 0) is 9.59 Å². The number of halogens is 1. The van der Waals surface area contributed by atoms with Gasteiger partial charge in [0.15, 0.2) is 0 Å². The second kappa shape index (κ2) is 4.91. The van der Waals surface area contributed by atoms with E-state index in [1.807, 2.05) is 37.3 Å². The summed E-state index contributed by atoms with van der Waals surface area (Å²) in [6.07, 6.45) is 0.173. The standard InChI is InChI=1S/C11H11ClO2/c1-8(7-10(13)11(12)14)9-5-3-2-4-6-9/h2-6,8H,7H2,1H3. The Bertz CT molecular complexity index is 332. The third-order valence-electron chi connectivity index (χ3n) is 2.08. The Morgan fingerprint density at radius 2 is 1.86 bits per heavy atom. The van der Waals surface area contributed by atoms with Crippen LogP contribution in [0.4, 0.5) is 0 Å². The fraction of sp³-hybridized carbons (Fsp3) is 0.273. The zero-order valence-electron chi connectivity index (χ0n) is 7.87. The molecule has 0 saturated carbocycles. The van der Waals surface area contributed by atoms with Crippen molar-refractivity contribution < 1.29 is 9.59 Å². The molecule has 0 fully saturated rings. The van der Waals surface area contributed by atoms with Crippen molar-refractivity contribution in [1.29, 1.82) is 0 Å². The van der Waals surface area contributed by atoms with Gasteiger partial charge < -0.3 is 0 Å². The molecule has 3 heteroatoms. The fourth-order valence-electron chi connectivity index (χ4n) is 1.26. The number of Topliss-reactive ketones (excluding diaryl/α,β-unsaturated/α-hetero) is 1. The molecule has 0 radical (unpaired) electrons. The van der Waals surface area contributed by atoms with E-state index in [4.69, 9.17) is 11.6 Å². The molecular formula is C11H11ClO2. The predicted octanol–water partition coefficient (Wildman–Crippen LogP) is 2.51. The van der Waals surface area contributed by atoms with Gasteiger partial charge in [-0.15, -0.1) is 0 Å². The third kappa shape index (κ3) is 2.96. The fourth-order valence-corrected chi connectivity index (χ4v) is 1.33. The van der Waals surface area contributed by atoms with Gasteiger partial charge >= 0.3 is 0 Å². The van der Waals surface area contributed by atoms with Crippen LogP contribution in [0.15, 0.2) is 30.3 Å². The number of carbonyl (C=O) groups excluding carboxylic acids is 2. The van der Waals surface area contributed by atoms with Crippen LogP contribution in [0.25, 0.3) is 0 Å². The molecule has 0 aliphatic carbocycles.